The van der Waals surface area contributed by atoms with Crippen LogP contribution in [0.1, 0.15) is 34.6 Å². The minimum Gasteiger partial charge on any atom is -0.469 e. The summed E-state index contributed by atoms with van der Waals surface area (Å²) < 4.78 is 45.0. The first kappa shape index (κ1) is 18.0. The van der Waals surface area contributed by atoms with E-state index in [1.165, 1.54) is 18.7 Å². The first-order chi connectivity index (χ1) is 11.1. The zero-order valence-corrected chi connectivity index (χ0v) is 13.9. The molecule has 2 aromatic heterocycles. The zero-order valence-electron chi connectivity index (χ0n) is 13.9. The third-order valence-electron chi connectivity index (χ3n) is 3.73. The van der Waals surface area contributed by atoms with Crippen molar-refractivity contribution in [2.45, 2.75) is 39.8 Å². The largest absolute Gasteiger partial charge is 0.469 e. The average Bonchev–Trinajstić information content (AvgIpc) is 2.78. The molecule has 0 radical (unpaired) electrons. The molecule has 0 aromatic carbocycles. The first-order valence-corrected chi connectivity index (χ1v) is 7.31. The van der Waals surface area contributed by atoms with Crippen LogP contribution in [0.3, 0.4) is 0 Å². The van der Waals surface area contributed by atoms with E-state index in [1.807, 2.05) is 0 Å². The van der Waals surface area contributed by atoms with Crippen molar-refractivity contribution in [2.75, 3.05) is 7.11 Å². The van der Waals surface area contributed by atoms with Crippen LogP contribution in [-0.2, 0) is 22.1 Å². The van der Waals surface area contributed by atoms with E-state index in [4.69, 9.17) is 0 Å². The smallest absolute Gasteiger partial charge is 0.416 e. The minimum atomic E-state index is -4.45. The van der Waals surface area contributed by atoms with Crippen LogP contribution in [0.5, 0.6) is 0 Å². The summed E-state index contributed by atoms with van der Waals surface area (Å²) in [6, 6.07) is 1.96. The van der Waals surface area contributed by atoms with Gasteiger partial charge in [-0.2, -0.15) is 18.3 Å². The topological polar surface area (TPSA) is 57.0 Å². The Bertz CT molecular complexity index is 767. The van der Waals surface area contributed by atoms with Crippen molar-refractivity contribution in [2.24, 2.45) is 0 Å². The fourth-order valence-corrected chi connectivity index (χ4v) is 2.51. The standard InChI is InChI=1S/C16H18F3N3O2/c1-9-7-12(16(17,18)19)8-14(20-9)22-11(3)13(10(2)21-22)5-6-15(23)24-4/h7-8H,5-6H2,1-4H3. The van der Waals surface area contributed by atoms with Crippen LogP contribution in [0.15, 0.2) is 12.1 Å². The Morgan fingerprint density at radius 1 is 1.25 bits per heavy atom. The monoisotopic (exact) mass is 341 g/mol. The lowest BCUT2D eigenvalue weighted by molar-refractivity contribution is -0.140. The predicted molar refractivity (Wildman–Crippen MR) is 80.9 cm³/mol. The Kier molecular flexibility index (Phi) is 4.96. The predicted octanol–water partition coefficient (Wildman–Crippen LogP) is 3.32. The second kappa shape index (κ2) is 6.62. The van der Waals surface area contributed by atoms with E-state index in [9.17, 15) is 18.0 Å². The maximum atomic E-state index is 13.0. The summed E-state index contributed by atoms with van der Waals surface area (Å²) in [4.78, 5) is 15.5. The van der Waals surface area contributed by atoms with Gasteiger partial charge in [0.25, 0.3) is 0 Å². The van der Waals surface area contributed by atoms with Crippen LogP contribution in [0.4, 0.5) is 13.2 Å². The molecular weight excluding hydrogens is 323 g/mol. The van der Waals surface area contributed by atoms with Crippen molar-refractivity contribution in [3.63, 3.8) is 0 Å². The number of halogens is 3. The van der Waals surface area contributed by atoms with Gasteiger partial charge in [0.15, 0.2) is 5.82 Å². The molecule has 24 heavy (non-hydrogen) atoms. The molecule has 130 valence electrons. The number of rotatable bonds is 4. The van der Waals surface area contributed by atoms with Gasteiger partial charge < -0.3 is 4.74 Å². The number of hydrogen-bond donors (Lipinski definition) is 0. The van der Waals surface area contributed by atoms with Crippen LogP contribution < -0.4 is 0 Å². The summed E-state index contributed by atoms with van der Waals surface area (Å²) in [7, 11) is 1.31. The highest BCUT2D eigenvalue weighted by atomic mass is 19.4. The molecule has 0 spiro atoms. The summed E-state index contributed by atoms with van der Waals surface area (Å²) in [6.45, 7) is 4.99. The SMILES string of the molecule is COC(=O)CCc1c(C)nn(-c2cc(C(F)(F)F)cc(C)n2)c1C. The number of carbonyl (C=O) groups excluding carboxylic acids is 1. The molecule has 0 bridgehead atoms. The fourth-order valence-electron chi connectivity index (χ4n) is 2.51. The number of ether oxygens (including phenoxy) is 1. The number of carbonyl (C=O) groups is 1. The summed E-state index contributed by atoms with van der Waals surface area (Å²) in [5.41, 5.74) is 1.59. The van der Waals surface area contributed by atoms with E-state index < -0.39 is 11.7 Å². The molecule has 0 amide bonds. The van der Waals surface area contributed by atoms with Crippen LogP contribution in [0.25, 0.3) is 5.82 Å². The van der Waals surface area contributed by atoms with Gasteiger partial charge >= 0.3 is 12.1 Å². The lowest BCUT2D eigenvalue weighted by Gasteiger charge is -2.11. The van der Waals surface area contributed by atoms with E-state index >= 15 is 0 Å². The van der Waals surface area contributed by atoms with Gasteiger partial charge in [-0.05, 0) is 44.9 Å². The summed E-state index contributed by atoms with van der Waals surface area (Å²) in [6.07, 6.45) is -3.87. The van der Waals surface area contributed by atoms with Crippen molar-refractivity contribution >= 4 is 5.97 Å². The van der Waals surface area contributed by atoms with Gasteiger partial charge in [0.1, 0.15) is 0 Å². The molecule has 0 saturated carbocycles. The Hall–Kier alpha value is -2.38. The fraction of sp³-hybridized carbons (Fsp3) is 0.438. The molecule has 8 heteroatoms. The number of nitrogens with zero attached hydrogens (tertiary/aromatic N) is 3. The van der Waals surface area contributed by atoms with Crippen molar-refractivity contribution in [1.29, 1.82) is 0 Å². The third-order valence-corrected chi connectivity index (χ3v) is 3.73. The maximum Gasteiger partial charge on any atom is 0.416 e. The second-order valence-corrected chi connectivity index (χ2v) is 5.49. The lowest BCUT2D eigenvalue weighted by atomic mass is 10.1. The van der Waals surface area contributed by atoms with Crippen LogP contribution in [0.2, 0.25) is 0 Å². The molecule has 2 rings (SSSR count). The molecular formula is C16H18F3N3O2. The number of esters is 1. The number of pyridine rings is 1. The molecule has 0 fully saturated rings. The van der Waals surface area contributed by atoms with Crippen LogP contribution in [-0.4, -0.2) is 27.8 Å². The highest BCUT2D eigenvalue weighted by Gasteiger charge is 2.31. The molecule has 2 aromatic rings. The van der Waals surface area contributed by atoms with Gasteiger partial charge in [-0.15, -0.1) is 0 Å². The summed E-state index contributed by atoms with van der Waals surface area (Å²) >= 11 is 0. The van der Waals surface area contributed by atoms with Crippen LogP contribution in [0, 0.1) is 20.8 Å². The third kappa shape index (κ3) is 3.74. The van der Waals surface area contributed by atoms with Gasteiger partial charge in [0, 0.05) is 17.8 Å². The first-order valence-electron chi connectivity index (χ1n) is 7.31. The Morgan fingerprint density at radius 2 is 1.92 bits per heavy atom. The van der Waals surface area contributed by atoms with Gasteiger partial charge in [-0.1, -0.05) is 0 Å². The highest BCUT2D eigenvalue weighted by molar-refractivity contribution is 5.69. The van der Waals surface area contributed by atoms with E-state index in [0.717, 1.165) is 17.7 Å². The van der Waals surface area contributed by atoms with Gasteiger partial charge in [0.05, 0.1) is 18.4 Å². The molecule has 0 unspecified atom stereocenters. The quantitative estimate of drug-likeness (QED) is 0.801. The van der Waals surface area contributed by atoms with Gasteiger partial charge in [-0.25, -0.2) is 9.67 Å². The molecule has 0 aliphatic rings. The second-order valence-electron chi connectivity index (χ2n) is 5.49. The number of methoxy groups -OCH3 is 1. The summed E-state index contributed by atoms with van der Waals surface area (Å²) in [5.74, 6) is -0.248. The number of alkyl halides is 3. The van der Waals surface area contributed by atoms with Crippen molar-refractivity contribution in [3.05, 3.63) is 40.3 Å². The minimum absolute atomic E-state index is 0.104. The number of aryl methyl sites for hydroxylation is 2. The average molecular weight is 341 g/mol. The molecule has 0 aliphatic carbocycles. The number of aromatic nitrogens is 3. The molecule has 0 N–H and O–H groups in total. The highest BCUT2D eigenvalue weighted by Crippen LogP contribution is 2.31. The lowest BCUT2D eigenvalue weighted by Crippen LogP contribution is -2.10. The van der Waals surface area contributed by atoms with Crippen LogP contribution >= 0.6 is 0 Å². The van der Waals surface area contributed by atoms with Gasteiger partial charge in [-0.3, -0.25) is 4.79 Å². The number of hydrogen-bond acceptors (Lipinski definition) is 4. The molecule has 0 aliphatic heterocycles. The molecule has 0 saturated heterocycles. The van der Waals surface area contributed by atoms with E-state index in [-0.39, 0.29) is 23.9 Å². The zero-order chi connectivity index (χ0) is 18.1. The summed E-state index contributed by atoms with van der Waals surface area (Å²) in [5, 5.41) is 4.28. The maximum absolute atomic E-state index is 13.0. The normalized spacial score (nSPS) is 11.6. The van der Waals surface area contributed by atoms with E-state index in [1.54, 1.807) is 13.8 Å². The van der Waals surface area contributed by atoms with Gasteiger partial charge in [0.2, 0.25) is 0 Å². The Balaban J connectivity index is 2.43. The molecule has 2 heterocycles. The molecule has 0 atom stereocenters. The Morgan fingerprint density at radius 3 is 2.50 bits per heavy atom. The Labute approximate surface area is 137 Å². The van der Waals surface area contributed by atoms with E-state index in [0.29, 0.717) is 17.8 Å². The van der Waals surface area contributed by atoms with Crippen molar-refractivity contribution < 1.29 is 22.7 Å². The van der Waals surface area contributed by atoms with E-state index in [2.05, 4.69) is 14.8 Å². The molecule has 5 nitrogen and oxygen atoms in total. The van der Waals surface area contributed by atoms with Crippen molar-refractivity contribution in [1.82, 2.24) is 14.8 Å². The van der Waals surface area contributed by atoms with Crippen molar-refractivity contribution in [3.8, 4) is 5.82 Å².